The highest BCUT2D eigenvalue weighted by Crippen LogP contribution is 2.29. The molecule has 21 heavy (non-hydrogen) atoms. The first-order valence-electron chi connectivity index (χ1n) is 5.75. The molecule has 0 saturated carbocycles. The number of benzene rings is 1. The van der Waals surface area contributed by atoms with Gasteiger partial charge in [0.05, 0.1) is 7.11 Å². The van der Waals surface area contributed by atoms with Crippen LogP contribution in [0.3, 0.4) is 0 Å². The summed E-state index contributed by atoms with van der Waals surface area (Å²) in [5.41, 5.74) is 0.882. The first-order chi connectivity index (χ1) is 9.73. The molecule has 9 heteroatoms. The van der Waals surface area contributed by atoms with Crippen molar-refractivity contribution < 1.29 is 27.5 Å². The number of ether oxygens (including phenoxy) is 1. The lowest BCUT2D eigenvalue weighted by molar-refractivity contribution is -0.218. The van der Waals surface area contributed by atoms with Crippen LogP contribution in [0.1, 0.15) is 6.92 Å². The van der Waals surface area contributed by atoms with Gasteiger partial charge in [-0.25, -0.2) is 4.79 Å². The molecule has 6 nitrogen and oxygen atoms in total. The maximum Gasteiger partial charge on any atom is 0.438 e. The zero-order valence-electron chi connectivity index (χ0n) is 11.2. The Morgan fingerprint density at radius 1 is 1.14 bits per heavy atom. The summed E-state index contributed by atoms with van der Waals surface area (Å²) in [5, 5.41) is 1.54. The van der Waals surface area contributed by atoms with Gasteiger partial charge in [0.25, 0.3) is 0 Å². The molecule has 0 radical (unpaired) electrons. The molecule has 0 heterocycles. The van der Waals surface area contributed by atoms with Gasteiger partial charge in [-0.2, -0.15) is 18.6 Å². The number of carbonyl (C=O) groups is 2. The van der Waals surface area contributed by atoms with Crippen molar-refractivity contribution in [3.63, 3.8) is 0 Å². The Hall–Kier alpha value is -2.29. The van der Waals surface area contributed by atoms with Crippen molar-refractivity contribution in [1.29, 1.82) is 0 Å². The molecule has 1 aromatic carbocycles. The van der Waals surface area contributed by atoms with Gasteiger partial charge in [0.2, 0.25) is 5.91 Å². The van der Waals surface area contributed by atoms with E-state index in [0.717, 1.165) is 14.0 Å². The minimum absolute atomic E-state index is 0.264. The van der Waals surface area contributed by atoms with E-state index in [4.69, 9.17) is 0 Å². The minimum atomic E-state index is -5.13. The molecule has 116 valence electrons. The van der Waals surface area contributed by atoms with Gasteiger partial charge in [0.15, 0.2) is 0 Å². The number of anilines is 1. The number of hydrazine groups is 1. The Labute approximate surface area is 118 Å². The van der Waals surface area contributed by atoms with Gasteiger partial charge >= 0.3 is 17.8 Å². The van der Waals surface area contributed by atoms with Crippen LogP contribution in [0.5, 0.6) is 0 Å². The molecule has 0 saturated heterocycles. The van der Waals surface area contributed by atoms with E-state index in [1.165, 1.54) is 12.1 Å². The number of halogens is 3. The zero-order chi connectivity index (χ0) is 16.1. The maximum atomic E-state index is 13.3. The molecular weight excluding hydrogens is 291 g/mol. The second kappa shape index (κ2) is 6.44. The lowest BCUT2D eigenvalue weighted by Gasteiger charge is -2.34. The average molecular weight is 305 g/mol. The predicted molar refractivity (Wildman–Crippen MR) is 67.8 cm³/mol. The number of amides is 1. The highest BCUT2D eigenvalue weighted by molar-refractivity contribution is 5.87. The van der Waals surface area contributed by atoms with E-state index in [1.54, 1.807) is 28.9 Å². The largest absolute Gasteiger partial charge is 0.466 e. The SMILES string of the molecule is COC(=O)[C@@](NNc1ccccc1)(NC(C)=O)C(F)(F)F. The number of hydrogen-bond donors (Lipinski definition) is 3. The topological polar surface area (TPSA) is 79.5 Å². The van der Waals surface area contributed by atoms with E-state index < -0.39 is 23.7 Å². The van der Waals surface area contributed by atoms with Crippen LogP contribution in [-0.2, 0) is 14.3 Å². The van der Waals surface area contributed by atoms with Gasteiger partial charge in [-0.1, -0.05) is 18.2 Å². The van der Waals surface area contributed by atoms with E-state index in [2.05, 4.69) is 10.2 Å². The van der Waals surface area contributed by atoms with Crippen molar-refractivity contribution in [2.24, 2.45) is 0 Å². The summed E-state index contributed by atoms with van der Waals surface area (Å²) in [6.07, 6.45) is -5.13. The van der Waals surface area contributed by atoms with Crippen LogP contribution in [0.15, 0.2) is 30.3 Å². The third-order valence-corrected chi connectivity index (χ3v) is 2.45. The number of carbonyl (C=O) groups excluding carboxylic acids is 2. The van der Waals surface area contributed by atoms with Crippen molar-refractivity contribution in [2.75, 3.05) is 12.5 Å². The summed E-state index contributed by atoms with van der Waals surface area (Å²) in [6, 6.07) is 7.76. The molecular formula is C12H14F3N3O3. The number of esters is 1. The lowest BCUT2D eigenvalue weighted by atomic mass is 10.1. The third kappa shape index (κ3) is 3.85. The summed E-state index contributed by atoms with van der Waals surface area (Å²) in [5.74, 6) is -2.76. The molecule has 0 aliphatic carbocycles. The molecule has 0 aliphatic rings. The fourth-order valence-electron chi connectivity index (χ4n) is 1.50. The molecule has 0 aromatic heterocycles. The second-order valence-electron chi connectivity index (χ2n) is 4.04. The number of methoxy groups -OCH3 is 1. The first-order valence-corrected chi connectivity index (χ1v) is 5.75. The summed E-state index contributed by atoms with van der Waals surface area (Å²) in [4.78, 5) is 22.6. The number of alkyl halides is 3. The standard InChI is InChI=1S/C12H14F3N3O3/c1-8(19)16-11(10(20)21-2,12(13,14)15)18-17-9-6-4-3-5-7-9/h3-7,17-18H,1-2H3,(H,16,19)/t11-/m0/s1. The Morgan fingerprint density at radius 3 is 2.14 bits per heavy atom. The molecule has 0 spiro atoms. The molecule has 3 N–H and O–H groups in total. The number of para-hydroxylation sites is 1. The van der Waals surface area contributed by atoms with Crippen molar-refractivity contribution in [2.45, 2.75) is 18.8 Å². The average Bonchev–Trinajstić information content (AvgIpc) is 2.42. The van der Waals surface area contributed by atoms with Crippen LogP contribution in [0.2, 0.25) is 0 Å². The summed E-state index contributed by atoms with van der Waals surface area (Å²) >= 11 is 0. The van der Waals surface area contributed by atoms with E-state index >= 15 is 0 Å². The Kier molecular flexibility index (Phi) is 5.14. The van der Waals surface area contributed by atoms with Crippen molar-refractivity contribution in [1.82, 2.24) is 10.7 Å². The van der Waals surface area contributed by atoms with Gasteiger partial charge in [-0.15, -0.1) is 0 Å². The fraction of sp³-hybridized carbons (Fsp3) is 0.333. The van der Waals surface area contributed by atoms with Crippen molar-refractivity contribution in [3.05, 3.63) is 30.3 Å². The van der Waals surface area contributed by atoms with Gasteiger partial charge in [-0.05, 0) is 12.1 Å². The molecule has 1 amide bonds. The van der Waals surface area contributed by atoms with Gasteiger partial charge in [0.1, 0.15) is 0 Å². The highest BCUT2D eigenvalue weighted by Gasteiger charge is 2.63. The molecule has 1 aromatic rings. The highest BCUT2D eigenvalue weighted by atomic mass is 19.4. The monoisotopic (exact) mass is 305 g/mol. The maximum absolute atomic E-state index is 13.3. The summed E-state index contributed by atoms with van der Waals surface area (Å²) in [6.45, 7) is 0.855. The van der Waals surface area contributed by atoms with Crippen molar-refractivity contribution >= 4 is 17.6 Å². The van der Waals surface area contributed by atoms with Gasteiger partial charge in [0, 0.05) is 12.6 Å². The first kappa shape index (κ1) is 16.8. The predicted octanol–water partition coefficient (Wildman–Crippen LogP) is 1.17. The quantitative estimate of drug-likeness (QED) is 0.432. The van der Waals surface area contributed by atoms with Crippen LogP contribution in [0.4, 0.5) is 18.9 Å². The Bertz CT molecular complexity index is 507. The van der Waals surface area contributed by atoms with Crippen LogP contribution in [0, 0.1) is 0 Å². The third-order valence-electron chi connectivity index (χ3n) is 2.45. The number of hydrogen-bond acceptors (Lipinski definition) is 5. The van der Waals surface area contributed by atoms with Crippen molar-refractivity contribution in [3.8, 4) is 0 Å². The normalized spacial score (nSPS) is 14.0. The zero-order valence-corrected chi connectivity index (χ0v) is 11.2. The number of nitrogens with one attached hydrogen (secondary N) is 3. The van der Waals surface area contributed by atoms with E-state index in [9.17, 15) is 22.8 Å². The lowest BCUT2D eigenvalue weighted by Crippen LogP contribution is -2.73. The number of rotatable bonds is 5. The molecule has 1 rings (SSSR count). The Morgan fingerprint density at radius 2 is 1.71 bits per heavy atom. The molecule has 0 bridgehead atoms. The molecule has 0 unspecified atom stereocenters. The van der Waals surface area contributed by atoms with Crippen LogP contribution in [-0.4, -0.2) is 30.8 Å². The van der Waals surface area contributed by atoms with Gasteiger partial charge in [-0.3, -0.25) is 4.79 Å². The summed E-state index contributed by atoms with van der Waals surface area (Å²) in [7, 11) is 0.787. The smallest absolute Gasteiger partial charge is 0.438 e. The van der Waals surface area contributed by atoms with Crippen LogP contribution in [0.25, 0.3) is 0 Å². The van der Waals surface area contributed by atoms with Crippen LogP contribution >= 0.6 is 0 Å². The Balaban J connectivity index is 3.10. The van der Waals surface area contributed by atoms with E-state index in [1.807, 2.05) is 0 Å². The molecule has 1 atom stereocenters. The minimum Gasteiger partial charge on any atom is -0.466 e. The van der Waals surface area contributed by atoms with E-state index in [0.29, 0.717) is 0 Å². The van der Waals surface area contributed by atoms with Gasteiger partial charge < -0.3 is 15.5 Å². The second-order valence-corrected chi connectivity index (χ2v) is 4.04. The van der Waals surface area contributed by atoms with Crippen LogP contribution < -0.4 is 16.2 Å². The summed E-state index contributed by atoms with van der Waals surface area (Å²) < 4.78 is 43.9. The molecule has 0 aliphatic heterocycles. The molecule has 0 fully saturated rings. The fourth-order valence-corrected chi connectivity index (χ4v) is 1.50. The van der Waals surface area contributed by atoms with E-state index in [-0.39, 0.29) is 5.69 Å².